The number of hydrogen-bond acceptors (Lipinski definition) is 5. The van der Waals surface area contributed by atoms with E-state index in [4.69, 9.17) is 0 Å². The molecule has 1 fully saturated rings. The molecular formula is C12H22N4S. The molecule has 1 atom stereocenters. The number of anilines is 1. The van der Waals surface area contributed by atoms with Crippen molar-refractivity contribution in [3.8, 4) is 0 Å². The summed E-state index contributed by atoms with van der Waals surface area (Å²) in [7, 11) is 1.92. The summed E-state index contributed by atoms with van der Waals surface area (Å²) < 4.78 is 0. The third kappa shape index (κ3) is 3.18. The van der Waals surface area contributed by atoms with Gasteiger partial charge in [0.1, 0.15) is 0 Å². The normalized spacial score (nSPS) is 22.9. The summed E-state index contributed by atoms with van der Waals surface area (Å²) in [6.07, 6.45) is 2.00. The quantitative estimate of drug-likeness (QED) is 0.886. The standard InChI is InChI=1S/C12H22N4S/c1-4-15-5-6-16(10(2)8-15)9-11-7-14-12(13-3)17-11/h7,10H,4-6,8-9H2,1-3H3,(H,13,14). The Hall–Kier alpha value is -0.650. The van der Waals surface area contributed by atoms with E-state index in [9.17, 15) is 0 Å². The maximum absolute atomic E-state index is 4.33. The minimum Gasteiger partial charge on any atom is -0.365 e. The Kier molecular flexibility index (Phi) is 4.36. The number of piperazine rings is 1. The van der Waals surface area contributed by atoms with E-state index in [2.05, 4.69) is 33.9 Å². The van der Waals surface area contributed by atoms with Crippen molar-refractivity contribution in [1.29, 1.82) is 0 Å². The lowest BCUT2D eigenvalue weighted by Gasteiger charge is -2.39. The molecule has 5 heteroatoms. The molecular weight excluding hydrogens is 232 g/mol. The van der Waals surface area contributed by atoms with Crippen LogP contribution in [-0.2, 0) is 6.54 Å². The lowest BCUT2D eigenvalue weighted by Crippen LogP contribution is -2.51. The molecule has 1 aromatic heterocycles. The van der Waals surface area contributed by atoms with Crippen LogP contribution >= 0.6 is 11.3 Å². The van der Waals surface area contributed by atoms with Crippen molar-refractivity contribution >= 4 is 16.5 Å². The SMILES string of the molecule is CCN1CCN(Cc2cnc(NC)s2)C(C)C1. The van der Waals surface area contributed by atoms with E-state index < -0.39 is 0 Å². The first-order valence-electron chi connectivity index (χ1n) is 6.31. The van der Waals surface area contributed by atoms with Crippen molar-refractivity contribution in [2.45, 2.75) is 26.4 Å². The highest BCUT2D eigenvalue weighted by Crippen LogP contribution is 2.21. The van der Waals surface area contributed by atoms with Gasteiger partial charge in [0.15, 0.2) is 5.13 Å². The molecule has 1 aromatic rings. The van der Waals surface area contributed by atoms with Crippen molar-refractivity contribution in [3.63, 3.8) is 0 Å². The summed E-state index contributed by atoms with van der Waals surface area (Å²) in [4.78, 5) is 10.8. The molecule has 0 radical (unpaired) electrons. The van der Waals surface area contributed by atoms with Gasteiger partial charge in [-0.05, 0) is 13.5 Å². The van der Waals surface area contributed by atoms with Crippen molar-refractivity contribution in [1.82, 2.24) is 14.8 Å². The van der Waals surface area contributed by atoms with E-state index in [1.165, 1.54) is 31.1 Å². The fourth-order valence-electron chi connectivity index (χ4n) is 2.29. The van der Waals surface area contributed by atoms with Crippen molar-refractivity contribution in [2.75, 3.05) is 38.5 Å². The van der Waals surface area contributed by atoms with Gasteiger partial charge in [-0.2, -0.15) is 0 Å². The van der Waals surface area contributed by atoms with Crippen molar-refractivity contribution in [2.24, 2.45) is 0 Å². The van der Waals surface area contributed by atoms with Gasteiger partial charge in [0.05, 0.1) is 0 Å². The lowest BCUT2D eigenvalue weighted by atomic mass is 10.2. The summed E-state index contributed by atoms with van der Waals surface area (Å²) in [5, 5.41) is 4.11. The molecule has 0 amide bonds. The topological polar surface area (TPSA) is 31.4 Å². The van der Waals surface area contributed by atoms with Gasteiger partial charge in [0, 0.05) is 50.3 Å². The molecule has 4 nitrogen and oxygen atoms in total. The number of hydrogen-bond donors (Lipinski definition) is 1. The molecule has 2 heterocycles. The van der Waals surface area contributed by atoms with Crippen LogP contribution in [0.25, 0.3) is 0 Å². The average Bonchev–Trinajstić information content (AvgIpc) is 2.79. The molecule has 0 saturated carbocycles. The van der Waals surface area contributed by atoms with Crippen LogP contribution in [-0.4, -0.2) is 54.1 Å². The highest BCUT2D eigenvalue weighted by Gasteiger charge is 2.23. The Labute approximate surface area is 108 Å². The zero-order valence-electron chi connectivity index (χ0n) is 10.9. The van der Waals surface area contributed by atoms with E-state index >= 15 is 0 Å². The van der Waals surface area contributed by atoms with Crippen LogP contribution in [0.15, 0.2) is 6.20 Å². The van der Waals surface area contributed by atoms with Crippen LogP contribution < -0.4 is 5.32 Å². The Balaban J connectivity index is 1.91. The second-order valence-corrected chi connectivity index (χ2v) is 5.71. The minimum absolute atomic E-state index is 0.642. The van der Waals surface area contributed by atoms with E-state index in [1.54, 1.807) is 11.3 Å². The maximum Gasteiger partial charge on any atom is 0.182 e. The maximum atomic E-state index is 4.33. The average molecular weight is 254 g/mol. The molecule has 1 aliphatic heterocycles. The zero-order valence-corrected chi connectivity index (χ0v) is 11.8. The van der Waals surface area contributed by atoms with Gasteiger partial charge in [-0.25, -0.2) is 4.98 Å². The summed E-state index contributed by atoms with van der Waals surface area (Å²) in [6, 6.07) is 0.642. The summed E-state index contributed by atoms with van der Waals surface area (Å²) in [5.41, 5.74) is 0. The number of likely N-dealkylation sites (N-methyl/N-ethyl adjacent to an activating group) is 1. The molecule has 1 N–H and O–H groups in total. The predicted molar refractivity (Wildman–Crippen MR) is 73.6 cm³/mol. The van der Waals surface area contributed by atoms with Crippen molar-refractivity contribution < 1.29 is 0 Å². The van der Waals surface area contributed by atoms with Crippen LogP contribution in [0.3, 0.4) is 0 Å². The molecule has 0 spiro atoms. The fourth-order valence-corrected chi connectivity index (χ4v) is 3.08. The number of nitrogens with one attached hydrogen (secondary N) is 1. The van der Waals surface area contributed by atoms with Gasteiger partial charge in [-0.1, -0.05) is 6.92 Å². The first kappa shape index (κ1) is 12.8. The second-order valence-electron chi connectivity index (χ2n) is 4.59. The largest absolute Gasteiger partial charge is 0.365 e. The van der Waals surface area contributed by atoms with Gasteiger partial charge >= 0.3 is 0 Å². The smallest absolute Gasteiger partial charge is 0.182 e. The Bertz CT molecular complexity index is 352. The Morgan fingerprint density at radius 1 is 1.53 bits per heavy atom. The Morgan fingerprint density at radius 3 is 2.94 bits per heavy atom. The fraction of sp³-hybridized carbons (Fsp3) is 0.750. The van der Waals surface area contributed by atoms with Crippen LogP contribution in [0.4, 0.5) is 5.13 Å². The highest BCUT2D eigenvalue weighted by molar-refractivity contribution is 7.15. The minimum atomic E-state index is 0.642. The summed E-state index contributed by atoms with van der Waals surface area (Å²) >= 11 is 1.76. The molecule has 1 saturated heterocycles. The monoisotopic (exact) mass is 254 g/mol. The van der Waals surface area contributed by atoms with Gasteiger partial charge in [-0.15, -0.1) is 11.3 Å². The summed E-state index contributed by atoms with van der Waals surface area (Å²) in [6.45, 7) is 10.3. The van der Waals surface area contributed by atoms with E-state index in [-0.39, 0.29) is 0 Å². The highest BCUT2D eigenvalue weighted by atomic mass is 32.1. The first-order chi connectivity index (χ1) is 8.22. The second kappa shape index (κ2) is 5.80. The first-order valence-corrected chi connectivity index (χ1v) is 7.13. The molecule has 0 aromatic carbocycles. The van der Waals surface area contributed by atoms with Crippen LogP contribution in [0.5, 0.6) is 0 Å². The molecule has 1 aliphatic rings. The van der Waals surface area contributed by atoms with E-state index in [1.807, 2.05) is 13.2 Å². The van der Waals surface area contributed by atoms with Crippen LogP contribution in [0.1, 0.15) is 18.7 Å². The van der Waals surface area contributed by atoms with Gasteiger partial charge < -0.3 is 10.2 Å². The van der Waals surface area contributed by atoms with E-state index in [0.717, 1.165) is 11.7 Å². The number of nitrogens with zero attached hydrogens (tertiary/aromatic N) is 3. The zero-order chi connectivity index (χ0) is 12.3. The van der Waals surface area contributed by atoms with Crippen molar-refractivity contribution in [3.05, 3.63) is 11.1 Å². The molecule has 17 heavy (non-hydrogen) atoms. The van der Waals surface area contributed by atoms with Gasteiger partial charge in [0.2, 0.25) is 0 Å². The molecule has 2 rings (SSSR count). The Morgan fingerprint density at radius 2 is 2.35 bits per heavy atom. The molecule has 0 bridgehead atoms. The molecule has 96 valence electrons. The third-order valence-electron chi connectivity index (χ3n) is 3.42. The predicted octanol–water partition coefficient (Wildman–Crippen LogP) is 1.71. The molecule has 0 aliphatic carbocycles. The number of aromatic nitrogens is 1. The van der Waals surface area contributed by atoms with Gasteiger partial charge in [0.25, 0.3) is 0 Å². The van der Waals surface area contributed by atoms with Crippen LogP contribution in [0, 0.1) is 0 Å². The molecule has 1 unspecified atom stereocenters. The van der Waals surface area contributed by atoms with Gasteiger partial charge in [-0.3, -0.25) is 4.90 Å². The number of rotatable bonds is 4. The number of thiazole rings is 1. The summed E-state index contributed by atoms with van der Waals surface area (Å²) in [5.74, 6) is 0. The lowest BCUT2D eigenvalue weighted by molar-refractivity contribution is 0.0820. The third-order valence-corrected chi connectivity index (χ3v) is 4.42. The van der Waals surface area contributed by atoms with Crippen LogP contribution in [0.2, 0.25) is 0 Å². The van der Waals surface area contributed by atoms with E-state index in [0.29, 0.717) is 6.04 Å².